The summed E-state index contributed by atoms with van der Waals surface area (Å²) in [4.78, 5) is -0.798. The van der Waals surface area contributed by atoms with E-state index in [1.54, 1.807) is 0 Å². The van der Waals surface area contributed by atoms with Gasteiger partial charge in [0.05, 0.1) is 0 Å². The summed E-state index contributed by atoms with van der Waals surface area (Å²) in [5.74, 6) is 0. The average molecular weight is 458 g/mol. The Balaban J connectivity index is 0.00000127. The van der Waals surface area contributed by atoms with Crippen LogP contribution in [0.5, 0.6) is 0 Å². The minimum Gasteiger partial charge on any atom is -0.130 e. The minimum atomic E-state index is -0.798. The summed E-state index contributed by atoms with van der Waals surface area (Å²) in [5, 5.41) is 0.668. The molecule has 0 spiro atoms. The molecule has 0 bridgehead atoms. The van der Waals surface area contributed by atoms with Crippen molar-refractivity contribution in [1.29, 1.82) is 0 Å². The fraction of sp³-hybridized carbons (Fsp3) is 0.182. The Hall–Kier alpha value is -0.950. The maximum Gasteiger partial charge on any atom is 0.121 e. The van der Waals surface area contributed by atoms with Crippen LogP contribution in [0.15, 0.2) is 78.9 Å². The molecule has 1 unspecified atom stereocenters. The standard InChI is InChI=1S/C20H16Cl2.CH3Cl.CH4.HPS/c1-15-11-13-17(14-12-15)20(22,16-7-3-2-4-8-16)18-9-5-6-10-19(18)21;1-2;;1-2/h2-14H,1H3;1H3;1H4;1H. The lowest BCUT2D eigenvalue weighted by molar-refractivity contribution is 0.879. The highest BCUT2D eigenvalue weighted by atomic mass is 35.5. The van der Waals surface area contributed by atoms with E-state index < -0.39 is 4.87 Å². The van der Waals surface area contributed by atoms with E-state index in [2.05, 4.69) is 62.6 Å². The number of halogens is 3. The highest BCUT2D eigenvalue weighted by molar-refractivity contribution is 7.88. The third-order valence-corrected chi connectivity index (χ3v) is 4.84. The molecule has 1 atom stereocenters. The van der Waals surface area contributed by atoms with Gasteiger partial charge in [-0.05, 0) is 32.1 Å². The topological polar surface area (TPSA) is 0 Å². The van der Waals surface area contributed by atoms with Crippen molar-refractivity contribution in [1.82, 2.24) is 0 Å². The largest absolute Gasteiger partial charge is 0.130 e. The molecule has 27 heavy (non-hydrogen) atoms. The van der Waals surface area contributed by atoms with Crippen molar-refractivity contribution in [2.24, 2.45) is 0 Å². The summed E-state index contributed by atoms with van der Waals surface area (Å²) in [6.07, 6.45) is 1.47. The fourth-order valence-electron chi connectivity index (χ4n) is 2.67. The number of benzene rings is 3. The van der Waals surface area contributed by atoms with Crippen LogP contribution in [0.1, 0.15) is 29.7 Å². The molecule has 0 N–H and O–H groups in total. The van der Waals surface area contributed by atoms with Gasteiger partial charge in [0.2, 0.25) is 0 Å². The van der Waals surface area contributed by atoms with Crippen LogP contribution in [0.2, 0.25) is 5.02 Å². The average Bonchev–Trinajstić information content (AvgIpc) is 2.72. The molecular formula is C22H24Cl3PS. The van der Waals surface area contributed by atoms with Crippen LogP contribution >= 0.6 is 42.8 Å². The lowest BCUT2D eigenvalue weighted by Crippen LogP contribution is -2.22. The van der Waals surface area contributed by atoms with E-state index in [1.807, 2.05) is 54.6 Å². The van der Waals surface area contributed by atoms with E-state index in [9.17, 15) is 0 Å². The second-order valence-corrected chi connectivity index (χ2v) is 6.34. The van der Waals surface area contributed by atoms with Crippen molar-refractivity contribution in [2.75, 3.05) is 6.38 Å². The van der Waals surface area contributed by atoms with Gasteiger partial charge in [0.25, 0.3) is 0 Å². The van der Waals surface area contributed by atoms with E-state index in [0.29, 0.717) is 5.02 Å². The molecule has 0 nitrogen and oxygen atoms in total. The van der Waals surface area contributed by atoms with Gasteiger partial charge in [0, 0.05) is 17.0 Å². The normalized spacial score (nSPS) is 11.4. The third-order valence-electron chi connectivity index (χ3n) is 3.87. The molecule has 0 aliphatic rings. The Morgan fingerprint density at radius 3 is 1.70 bits per heavy atom. The zero-order chi connectivity index (χ0) is 19.6. The molecule has 0 aromatic heterocycles. The lowest BCUT2D eigenvalue weighted by atomic mass is 9.84. The summed E-state index contributed by atoms with van der Waals surface area (Å²) >= 11 is 22.2. The van der Waals surface area contributed by atoms with Crippen LogP contribution in [0.25, 0.3) is 0 Å². The molecule has 3 aromatic carbocycles. The molecule has 0 aliphatic heterocycles. The van der Waals surface area contributed by atoms with Crippen molar-refractivity contribution in [3.05, 3.63) is 106 Å². The minimum absolute atomic E-state index is 0. The second-order valence-electron chi connectivity index (χ2n) is 5.37. The molecule has 0 saturated heterocycles. The zero-order valence-electron chi connectivity index (χ0n) is 14.5. The molecule has 0 radical (unpaired) electrons. The lowest BCUT2D eigenvalue weighted by Gasteiger charge is -2.30. The third kappa shape index (κ3) is 6.28. The molecule has 3 rings (SSSR count). The van der Waals surface area contributed by atoms with Crippen LogP contribution in [-0.4, -0.2) is 6.38 Å². The van der Waals surface area contributed by atoms with Gasteiger partial charge in [-0.25, -0.2) is 0 Å². The second kappa shape index (κ2) is 13.3. The van der Waals surface area contributed by atoms with Crippen molar-refractivity contribution in [3.63, 3.8) is 0 Å². The Labute approximate surface area is 185 Å². The first-order valence-corrected chi connectivity index (χ1v) is 10.9. The first-order chi connectivity index (χ1) is 12.6. The monoisotopic (exact) mass is 456 g/mol. The summed E-state index contributed by atoms with van der Waals surface area (Å²) in [5.41, 5.74) is 4.12. The van der Waals surface area contributed by atoms with Crippen LogP contribution in [0.4, 0.5) is 0 Å². The summed E-state index contributed by atoms with van der Waals surface area (Å²) in [6, 6.07) is 26.1. The van der Waals surface area contributed by atoms with Gasteiger partial charge >= 0.3 is 0 Å². The fourth-order valence-corrected chi connectivity index (χ4v) is 3.41. The first-order valence-electron chi connectivity index (χ1n) is 7.77. The van der Waals surface area contributed by atoms with Gasteiger partial charge in [0.15, 0.2) is 0 Å². The van der Waals surface area contributed by atoms with Crippen LogP contribution < -0.4 is 0 Å². The van der Waals surface area contributed by atoms with E-state index in [4.69, 9.17) is 23.2 Å². The number of alkyl halides is 2. The molecule has 144 valence electrons. The van der Waals surface area contributed by atoms with Gasteiger partial charge in [-0.1, -0.05) is 109 Å². The maximum atomic E-state index is 7.19. The molecule has 0 heterocycles. The number of aryl methyl sites for hydroxylation is 1. The van der Waals surface area contributed by atoms with Crippen molar-refractivity contribution in [3.8, 4) is 0 Å². The van der Waals surface area contributed by atoms with E-state index in [0.717, 1.165) is 16.7 Å². The predicted molar refractivity (Wildman–Crippen MR) is 129 cm³/mol. The highest BCUT2D eigenvalue weighted by Gasteiger charge is 2.35. The Kier molecular flexibility index (Phi) is 12.8. The summed E-state index contributed by atoms with van der Waals surface area (Å²) in [6.45, 7) is 2.07. The molecule has 0 aliphatic carbocycles. The van der Waals surface area contributed by atoms with Gasteiger partial charge in [-0.15, -0.1) is 23.2 Å². The smallest absolute Gasteiger partial charge is 0.121 e. The quantitative estimate of drug-likeness (QED) is 0.217. The van der Waals surface area contributed by atoms with Crippen molar-refractivity contribution >= 4 is 54.6 Å². The highest BCUT2D eigenvalue weighted by Crippen LogP contribution is 2.45. The summed E-state index contributed by atoms with van der Waals surface area (Å²) in [7, 11) is 2.56. The van der Waals surface area contributed by atoms with E-state index in [1.165, 1.54) is 11.9 Å². The van der Waals surface area contributed by atoms with Crippen LogP contribution in [0, 0.1) is 6.92 Å². The molecule has 5 heteroatoms. The Morgan fingerprint density at radius 1 is 0.741 bits per heavy atom. The molecular weight excluding hydrogens is 434 g/mol. The van der Waals surface area contributed by atoms with Crippen molar-refractivity contribution < 1.29 is 0 Å². The van der Waals surface area contributed by atoms with Crippen molar-refractivity contribution in [2.45, 2.75) is 19.2 Å². The van der Waals surface area contributed by atoms with Crippen LogP contribution in [0.3, 0.4) is 0 Å². The molecule has 0 saturated carbocycles. The van der Waals surface area contributed by atoms with Crippen LogP contribution in [-0.2, 0) is 16.7 Å². The summed E-state index contributed by atoms with van der Waals surface area (Å²) < 4.78 is 0. The van der Waals surface area contributed by atoms with Gasteiger partial charge in [-0.2, -0.15) is 0 Å². The van der Waals surface area contributed by atoms with Gasteiger partial charge < -0.3 is 0 Å². The molecule has 0 amide bonds. The predicted octanol–water partition coefficient (Wildman–Crippen LogP) is 8.26. The number of rotatable bonds is 3. The Morgan fingerprint density at radius 2 is 1.19 bits per heavy atom. The van der Waals surface area contributed by atoms with E-state index in [-0.39, 0.29) is 7.43 Å². The maximum absolute atomic E-state index is 7.19. The number of hydrogen-bond acceptors (Lipinski definition) is 1. The molecule has 3 aromatic rings. The van der Waals surface area contributed by atoms with E-state index >= 15 is 0 Å². The first kappa shape index (κ1) is 26.1. The molecule has 0 fully saturated rings. The Bertz CT molecular complexity index is 794. The SMILES string of the molecule is C.CCl.Cc1ccc(C(Cl)(c2ccccc2)c2ccccc2Cl)cc1.P=S. The number of hydrogen-bond donors (Lipinski definition) is 0. The van der Waals surface area contributed by atoms with Gasteiger partial charge in [0.1, 0.15) is 4.87 Å². The zero-order valence-corrected chi connectivity index (χ0v) is 18.6. The van der Waals surface area contributed by atoms with Gasteiger partial charge in [-0.3, -0.25) is 0 Å².